The molecule has 0 N–H and O–H groups in total. The van der Waals surface area contributed by atoms with Crippen molar-refractivity contribution in [3.05, 3.63) is 42.2 Å². The number of carbonyl (C=O) groups excluding carboxylic acids is 1. The van der Waals surface area contributed by atoms with Crippen LogP contribution in [-0.4, -0.2) is 32.8 Å². The lowest BCUT2D eigenvalue weighted by Crippen LogP contribution is -2.21. The maximum atomic E-state index is 11.8. The number of hydrogen-bond donors (Lipinski definition) is 0. The van der Waals surface area contributed by atoms with Gasteiger partial charge in [0, 0.05) is 20.2 Å². The molecule has 0 fully saturated rings. The fourth-order valence-corrected chi connectivity index (χ4v) is 2.00. The summed E-state index contributed by atoms with van der Waals surface area (Å²) in [5, 5.41) is -0.182. The molecule has 0 atom stereocenters. The minimum absolute atomic E-state index is 0.123. The van der Waals surface area contributed by atoms with Crippen LogP contribution in [0.5, 0.6) is 0 Å². The molecule has 1 aromatic heterocycles. The number of rotatable bonds is 6. The fraction of sp³-hybridized carbons (Fsp3) is 0.308. The molecule has 0 saturated heterocycles. The SMILES string of the molecule is C/C=C/C=C/C(=O)OCc1ccc(S(=O)(=O)N(C)C)o1. The molecule has 0 aliphatic carbocycles. The first-order chi connectivity index (χ1) is 9.37. The Kier molecular flexibility index (Phi) is 5.72. The molecule has 0 aliphatic heterocycles. The number of allylic oxidation sites excluding steroid dienone is 3. The van der Waals surface area contributed by atoms with E-state index in [4.69, 9.17) is 9.15 Å². The van der Waals surface area contributed by atoms with Gasteiger partial charge in [0.2, 0.25) is 5.09 Å². The van der Waals surface area contributed by atoms with Crippen molar-refractivity contribution in [2.75, 3.05) is 14.1 Å². The average Bonchev–Trinajstić information content (AvgIpc) is 2.86. The van der Waals surface area contributed by atoms with Crippen molar-refractivity contribution in [3.63, 3.8) is 0 Å². The van der Waals surface area contributed by atoms with Crippen LogP contribution in [-0.2, 0) is 26.2 Å². The van der Waals surface area contributed by atoms with E-state index in [1.807, 2.05) is 6.92 Å². The molecule has 0 aliphatic rings. The normalized spacial score (nSPS) is 12.6. The van der Waals surface area contributed by atoms with Crippen molar-refractivity contribution in [1.82, 2.24) is 4.31 Å². The summed E-state index contributed by atoms with van der Waals surface area (Å²) in [4.78, 5) is 11.3. The zero-order chi connectivity index (χ0) is 15.2. The van der Waals surface area contributed by atoms with Crippen molar-refractivity contribution >= 4 is 16.0 Å². The summed E-state index contributed by atoms with van der Waals surface area (Å²) in [6.07, 6.45) is 6.28. The topological polar surface area (TPSA) is 76.8 Å². The lowest BCUT2D eigenvalue weighted by molar-refractivity contribution is -0.139. The summed E-state index contributed by atoms with van der Waals surface area (Å²) in [6, 6.07) is 2.79. The zero-order valence-electron chi connectivity index (χ0n) is 11.6. The van der Waals surface area contributed by atoms with Crippen molar-refractivity contribution in [3.8, 4) is 0 Å². The Bertz CT molecular complexity index is 610. The van der Waals surface area contributed by atoms with Crippen molar-refractivity contribution in [2.24, 2.45) is 0 Å². The Morgan fingerprint density at radius 3 is 2.65 bits per heavy atom. The van der Waals surface area contributed by atoms with Gasteiger partial charge in [-0.3, -0.25) is 0 Å². The van der Waals surface area contributed by atoms with E-state index in [0.29, 0.717) is 0 Å². The first-order valence-corrected chi connectivity index (χ1v) is 7.29. The van der Waals surface area contributed by atoms with Crippen LogP contribution < -0.4 is 0 Å². The molecule has 1 rings (SSSR count). The molecule has 0 amide bonds. The van der Waals surface area contributed by atoms with Gasteiger partial charge < -0.3 is 9.15 Å². The second kappa shape index (κ2) is 7.06. The standard InChI is InChI=1S/C13H17NO5S/c1-4-5-6-7-12(15)18-10-11-8-9-13(19-11)20(16,17)14(2)3/h4-9H,10H2,1-3H3/b5-4+,7-6+. The molecule has 0 unspecified atom stereocenters. The third-order valence-electron chi connectivity index (χ3n) is 2.26. The third kappa shape index (κ3) is 4.36. The highest BCUT2D eigenvalue weighted by Crippen LogP contribution is 2.17. The minimum atomic E-state index is -3.61. The highest BCUT2D eigenvalue weighted by Gasteiger charge is 2.21. The Hall–Kier alpha value is -1.86. The van der Waals surface area contributed by atoms with Gasteiger partial charge in [0.15, 0.2) is 0 Å². The number of furan rings is 1. The molecule has 0 radical (unpaired) electrons. The number of hydrogen-bond acceptors (Lipinski definition) is 5. The highest BCUT2D eigenvalue weighted by molar-refractivity contribution is 7.88. The van der Waals surface area contributed by atoms with Crippen LogP contribution in [0.4, 0.5) is 0 Å². The van der Waals surface area contributed by atoms with Crippen molar-refractivity contribution in [2.45, 2.75) is 18.6 Å². The van der Waals surface area contributed by atoms with E-state index >= 15 is 0 Å². The van der Waals surface area contributed by atoms with E-state index < -0.39 is 16.0 Å². The van der Waals surface area contributed by atoms with Crippen molar-refractivity contribution < 1.29 is 22.4 Å². The first kappa shape index (κ1) is 16.2. The number of carbonyl (C=O) groups is 1. The maximum absolute atomic E-state index is 11.8. The second-order valence-corrected chi connectivity index (χ2v) is 6.08. The lowest BCUT2D eigenvalue weighted by Gasteiger charge is -2.07. The Balaban J connectivity index is 2.64. The van der Waals surface area contributed by atoms with Gasteiger partial charge in [0.1, 0.15) is 12.4 Å². The molecule has 0 aromatic carbocycles. The molecular weight excluding hydrogens is 282 g/mol. The Labute approximate surface area is 118 Å². The molecule has 1 heterocycles. The van der Waals surface area contributed by atoms with Crippen LogP contribution in [0.2, 0.25) is 0 Å². The predicted octanol–water partition coefficient (Wildman–Crippen LogP) is 1.71. The van der Waals surface area contributed by atoms with Gasteiger partial charge in [-0.15, -0.1) is 0 Å². The van der Waals surface area contributed by atoms with Gasteiger partial charge in [-0.25, -0.2) is 17.5 Å². The summed E-state index contributed by atoms with van der Waals surface area (Å²) >= 11 is 0. The summed E-state index contributed by atoms with van der Waals surface area (Å²) in [5.41, 5.74) is 0. The molecule has 20 heavy (non-hydrogen) atoms. The quantitative estimate of drug-likeness (QED) is 0.454. The molecule has 6 nitrogen and oxygen atoms in total. The molecule has 7 heteroatoms. The van der Waals surface area contributed by atoms with Gasteiger partial charge in [0.05, 0.1) is 0 Å². The van der Waals surface area contributed by atoms with E-state index in [1.54, 1.807) is 18.2 Å². The van der Waals surface area contributed by atoms with Crippen LogP contribution in [0.1, 0.15) is 12.7 Å². The summed E-state index contributed by atoms with van der Waals surface area (Å²) in [6.45, 7) is 1.70. The minimum Gasteiger partial charge on any atom is -0.454 e. The van der Waals surface area contributed by atoms with Crippen LogP contribution in [0.3, 0.4) is 0 Å². The molecule has 1 aromatic rings. The van der Waals surface area contributed by atoms with E-state index in [0.717, 1.165) is 4.31 Å². The number of esters is 1. The Morgan fingerprint density at radius 2 is 2.05 bits per heavy atom. The third-order valence-corrected chi connectivity index (χ3v) is 3.95. The largest absolute Gasteiger partial charge is 0.454 e. The average molecular weight is 299 g/mol. The van der Waals surface area contributed by atoms with E-state index in [2.05, 4.69) is 0 Å². The number of ether oxygens (including phenoxy) is 1. The smallest absolute Gasteiger partial charge is 0.331 e. The molecule has 0 saturated carbocycles. The van der Waals surface area contributed by atoms with Crippen LogP contribution in [0.25, 0.3) is 0 Å². The maximum Gasteiger partial charge on any atom is 0.331 e. The van der Waals surface area contributed by atoms with Crippen molar-refractivity contribution in [1.29, 1.82) is 0 Å². The summed E-state index contributed by atoms with van der Waals surface area (Å²) < 4.78 is 34.6. The van der Waals surface area contributed by atoms with Gasteiger partial charge in [-0.05, 0) is 19.1 Å². The van der Waals surface area contributed by atoms with E-state index in [-0.39, 0.29) is 17.5 Å². The monoisotopic (exact) mass is 299 g/mol. The van der Waals surface area contributed by atoms with Gasteiger partial charge in [0.25, 0.3) is 10.0 Å². The van der Waals surface area contributed by atoms with Crippen LogP contribution in [0.15, 0.2) is 45.9 Å². The van der Waals surface area contributed by atoms with Gasteiger partial charge >= 0.3 is 5.97 Å². The summed E-state index contributed by atoms with van der Waals surface area (Å²) in [5.74, 6) is -0.269. The Morgan fingerprint density at radius 1 is 1.35 bits per heavy atom. The molecule has 110 valence electrons. The van der Waals surface area contributed by atoms with Gasteiger partial charge in [-0.1, -0.05) is 18.2 Å². The van der Waals surface area contributed by atoms with Crippen LogP contribution >= 0.6 is 0 Å². The molecular formula is C13H17NO5S. The first-order valence-electron chi connectivity index (χ1n) is 5.85. The zero-order valence-corrected chi connectivity index (χ0v) is 12.4. The molecule has 0 spiro atoms. The van der Waals surface area contributed by atoms with Crippen LogP contribution in [0, 0.1) is 0 Å². The summed E-state index contributed by atoms with van der Waals surface area (Å²) in [7, 11) is -0.796. The predicted molar refractivity (Wildman–Crippen MR) is 73.3 cm³/mol. The van der Waals surface area contributed by atoms with E-state index in [9.17, 15) is 13.2 Å². The fourth-order valence-electron chi connectivity index (χ4n) is 1.19. The number of sulfonamides is 1. The van der Waals surface area contributed by atoms with Gasteiger partial charge in [-0.2, -0.15) is 0 Å². The second-order valence-electron chi connectivity index (χ2n) is 4.00. The lowest BCUT2D eigenvalue weighted by atomic mass is 10.4. The van der Waals surface area contributed by atoms with E-state index in [1.165, 1.54) is 32.3 Å². The highest BCUT2D eigenvalue weighted by atomic mass is 32.2. The molecule has 0 bridgehead atoms. The number of nitrogens with zero attached hydrogens (tertiary/aromatic N) is 1.